The van der Waals surface area contributed by atoms with E-state index in [-0.39, 0.29) is 0 Å². The van der Waals surface area contributed by atoms with Crippen molar-refractivity contribution in [1.29, 1.82) is 0 Å². The van der Waals surface area contributed by atoms with E-state index in [9.17, 15) is 0 Å². The van der Waals surface area contributed by atoms with Crippen LogP contribution in [-0.4, -0.2) is 19.1 Å². The molecular weight excluding hydrogens is 224 g/mol. The summed E-state index contributed by atoms with van der Waals surface area (Å²) in [6.07, 6.45) is 1.89. The van der Waals surface area contributed by atoms with Crippen LogP contribution in [0.25, 0.3) is 0 Å². The number of benzene rings is 1. The van der Waals surface area contributed by atoms with E-state index in [1.54, 1.807) is 7.11 Å². The van der Waals surface area contributed by atoms with Gasteiger partial charge in [0.25, 0.3) is 0 Å². The fourth-order valence-corrected chi connectivity index (χ4v) is 1.77. The highest BCUT2D eigenvalue weighted by Crippen LogP contribution is 2.15. The zero-order chi connectivity index (χ0) is 13.0. The molecule has 1 heterocycles. The van der Waals surface area contributed by atoms with Gasteiger partial charge in [-0.05, 0) is 36.2 Å². The van der Waals surface area contributed by atoms with Crippen molar-refractivity contribution in [2.45, 2.75) is 13.5 Å². The van der Waals surface area contributed by atoms with Gasteiger partial charge < -0.3 is 9.64 Å². The van der Waals surface area contributed by atoms with E-state index in [1.807, 2.05) is 38.4 Å². The average molecular weight is 242 g/mol. The fourth-order valence-electron chi connectivity index (χ4n) is 1.77. The van der Waals surface area contributed by atoms with Gasteiger partial charge in [-0.2, -0.15) is 0 Å². The van der Waals surface area contributed by atoms with Crippen molar-refractivity contribution >= 4 is 5.82 Å². The van der Waals surface area contributed by atoms with Crippen LogP contribution in [0.5, 0.6) is 5.75 Å². The molecular formula is C15H18N2O. The standard InChI is InChI=1S/C15H18N2O/c1-12-4-9-15(16-10-12)17(2)11-13-5-7-14(18-3)8-6-13/h4-10H,11H2,1-3H3. The molecule has 0 fully saturated rings. The highest BCUT2D eigenvalue weighted by Gasteiger charge is 2.03. The van der Waals surface area contributed by atoms with Crippen LogP contribution in [0.2, 0.25) is 0 Å². The first-order chi connectivity index (χ1) is 8.69. The van der Waals surface area contributed by atoms with Crippen LogP contribution < -0.4 is 9.64 Å². The van der Waals surface area contributed by atoms with Crippen LogP contribution in [0.4, 0.5) is 5.82 Å². The summed E-state index contributed by atoms with van der Waals surface area (Å²) < 4.78 is 5.15. The SMILES string of the molecule is COc1ccc(CN(C)c2ccc(C)cn2)cc1. The van der Waals surface area contributed by atoms with Gasteiger partial charge in [0.1, 0.15) is 11.6 Å². The average Bonchev–Trinajstić information content (AvgIpc) is 2.40. The Kier molecular flexibility index (Phi) is 3.82. The minimum atomic E-state index is 0.833. The molecule has 0 saturated carbocycles. The van der Waals surface area contributed by atoms with E-state index in [2.05, 4.69) is 28.1 Å². The summed E-state index contributed by atoms with van der Waals surface area (Å²) in [6, 6.07) is 12.2. The van der Waals surface area contributed by atoms with E-state index < -0.39 is 0 Å². The second kappa shape index (κ2) is 5.54. The number of rotatable bonds is 4. The van der Waals surface area contributed by atoms with Gasteiger partial charge in [0.2, 0.25) is 0 Å². The first-order valence-electron chi connectivity index (χ1n) is 5.96. The van der Waals surface area contributed by atoms with Gasteiger partial charge in [-0.25, -0.2) is 4.98 Å². The van der Waals surface area contributed by atoms with Gasteiger partial charge in [-0.15, -0.1) is 0 Å². The first kappa shape index (κ1) is 12.4. The quantitative estimate of drug-likeness (QED) is 0.824. The Labute approximate surface area is 108 Å². The minimum Gasteiger partial charge on any atom is -0.497 e. The summed E-state index contributed by atoms with van der Waals surface area (Å²) in [5.41, 5.74) is 2.41. The Morgan fingerprint density at radius 1 is 1.11 bits per heavy atom. The Balaban J connectivity index is 2.05. The van der Waals surface area contributed by atoms with E-state index in [0.29, 0.717) is 0 Å². The first-order valence-corrected chi connectivity index (χ1v) is 5.96. The molecule has 94 valence electrons. The molecule has 2 aromatic rings. The number of pyridine rings is 1. The molecule has 0 aliphatic rings. The van der Waals surface area contributed by atoms with Gasteiger partial charge in [0, 0.05) is 19.8 Å². The van der Waals surface area contributed by atoms with Crippen molar-refractivity contribution in [3.05, 3.63) is 53.7 Å². The molecule has 0 unspecified atom stereocenters. The third-order valence-electron chi connectivity index (χ3n) is 2.87. The molecule has 1 aromatic carbocycles. The second-order valence-electron chi connectivity index (χ2n) is 4.40. The summed E-state index contributed by atoms with van der Waals surface area (Å²) in [5.74, 6) is 1.87. The lowest BCUT2D eigenvalue weighted by Gasteiger charge is -2.18. The maximum atomic E-state index is 5.15. The number of hydrogen-bond donors (Lipinski definition) is 0. The highest BCUT2D eigenvalue weighted by atomic mass is 16.5. The van der Waals surface area contributed by atoms with Gasteiger partial charge in [0.05, 0.1) is 7.11 Å². The summed E-state index contributed by atoms with van der Waals surface area (Å²) in [6.45, 7) is 2.88. The lowest BCUT2D eigenvalue weighted by Crippen LogP contribution is -2.17. The van der Waals surface area contributed by atoms with Crippen molar-refractivity contribution in [2.75, 3.05) is 19.1 Å². The zero-order valence-electron chi connectivity index (χ0n) is 11.1. The molecule has 0 saturated heterocycles. The van der Waals surface area contributed by atoms with Gasteiger partial charge >= 0.3 is 0 Å². The van der Waals surface area contributed by atoms with Crippen LogP contribution in [0.15, 0.2) is 42.6 Å². The van der Waals surface area contributed by atoms with Gasteiger partial charge in [-0.3, -0.25) is 0 Å². The predicted molar refractivity (Wildman–Crippen MR) is 74.1 cm³/mol. The molecule has 0 aliphatic heterocycles. The maximum Gasteiger partial charge on any atom is 0.128 e. The summed E-state index contributed by atoms with van der Waals surface area (Å²) >= 11 is 0. The van der Waals surface area contributed by atoms with E-state index in [1.165, 1.54) is 11.1 Å². The molecule has 0 amide bonds. The van der Waals surface area contributed by atoms with Crippen LogP contribution in [0.1, 0.15) is 11.1 Å². The fraction of sp³-hybridized carbons (Fsp3) is 0.267. The second-order valence-corrected chi connectivity index (χ2v) is 4.40. The number of hydrogen-bond acceptors (Lipinski definition) is 3. The Morgan fingerprint density at radius 2 is 1.83 bits per heavy atom. The van der Waals surface area contributed by atoms with Crippen molar-refractivity contribution in [1.82, 2.24) is 4.98 Å². The lowest BCUT2D eigenvalue weighted by molar-refractivity contribution is 0.414. The molecule has 3 nitrogen and oxygen atoms in total. The molecule has 0 bridgehead atoms. The number of ether oxygens (including phenoxy) is 1. The lowest BCUT2D eigenvalue weighted by atomic mass is 10.2. The Morgan fingerprint density at radius 3 is 2.39 bits per heavy atom. The third-order valence-corrected chi connectivity index (χ3v) is 2.87. The highest BCUT2D eigenvalue weighted by molar-refractivity contribution is 5.39. The third kappa shape index (κ3) is 3.00. The van der Waals surface area contributed by atoms with Crippen molar-refractivity contribution in [3.8, 4) is 5.75 Å². The Bertz CT molecular complexity index is 491. The van der Waals surface area contributed by atoms with Crippen LogP contribution in [0.3, 0.4) is 0 Å². The number of aryl methyl sites for hydroxylation is 1. The molecule has 0 N–H and O–H groups in total. The molecule has 0 aliphatic carbocycles. The summed E-state index contributed by atoms with van der Waals surface area (Å²) in [5, 5.41) is 0. The monoisotopic (exact) mass is 242 g/mol. The van der Waals surface area contributed by atoms with Crippen LogP contribution in [-0.2, 0) is 6.54 Å². The molecule has 0 spiro atoms. The van der Waals surface area contributed by atoms with Crippen LogP contribution >= 0.6 is 0 Å². The number of aromatic nitrogens is 1. The molecule has 3 heteroatoms. The summed E-state index contributed by atoms with van der Waals surface area (Å²) in [4.78, 5) is 6.54. The molecule has 2 rings (SSSR count). The van der Waals surface area contributed by atoms with Crippen molar-refractivity contribution < 1.29 is 4.74 Å². The zero-order valence-corrected chi connectivity index (χ0v) is 11.1. The largest absolute Gasteiger partial charge is 0.497 e. The maximum absolute atomic E-state index is 5.15. The Hall–Kier alpha value is -2.03. The molecule has 0 radical (unpaired) electrons. The minimum absolute atomic E-state index is 0.833. The predicted octanol–water partition coefficient (Wildman–Crippen LogP) is 3.04. The smallest absolute Gasteiger partial charge is 0.128 e. The number of methoxy groups -OCH3 is 1. The van der Waals surface area contributed by atoms with Gasteiger partial charge in [-0.1, -0.05) is 18.2 Å². The number of anilines is 1. The van der Waals surface area contributed by atoms with Gasteiger partial charge in [0.15, 0.2) is 0 Å². The molecule has 0 atom stereocenters. The van der Waals surface area contributed by atoms with Crippen LogP contribution in [0, 0.1) is 6.92 Å². The normalized spacial score (nSPS) is 10.2. The van der Waals surface area contributed by atoms with E-state index in [4.69, 9.17) is 4.74 Å². The number of nitrogens with zero attached hydrogens (tertiary/aromatic N) is 2. The summed E-state index contributed by atoms with van der Waals surface area (Å²) in [7, 11) is 3.72. The van der Waals surface area contributed by atoms with Crippen molar-refractivity contribution in [2.24, 2.45) is 0 Å². The topological polar surface area (TPSA) is 25.4 Å². The molecule has 1 aromatic heterocycles. The van der Waals surface area contributed by atoms with Crippen molar-refractivity contribution in [3.63, 3.8) is 0 Å². The van der Waals surface area contributed by atoms with E-state index >= 15 is 0 Å². The van der Waals surface area contributed by atoms with E-state index in [0.717, 1.165) is 18.1 Å². The molecule has 18 heavy (non-hydrogen) atoms.